The Balaban J connectivity index is 1.94. The van der Waals surface area contributed by atoms with E-state index < -0.39 is 17.5 Å². The van der Waals surface area contributed by atoms with E-state index in [1.165, 1.54) is 0 Å². The third-order valence-corrected chi connectivity index (χ3v) is 5.37. The van der Waals surface area contributed by atoms with Crippen molar-refractivity contribution in [2.45, 2.75) is 56.5 Å². The summed E-state index contributed by atoms with van der Waals surface area (Å²) in [5.74, 6) is -0.736. The molecule has 0 radical (unpaired) electrons. The summed E-state index contributed by atoms with van der Waals surface area (Å²) in [7, 11) is 0. The number of halogens is 4. The molecular formula is C14H19ClF3N. The predicted molar refractivity (Wildman–Crippen MR) is 67.6 cm³/mol. The minimum absolute atomic E-state index is 0.110. The Kier molecular flexibility index (Phi) is 4.66. The van der Waals surface area contributed by atoms with Gasteiger partial charge < -0.3 is 0 Å². The molecule has 3 atom stereocenters. The second-order valence-corrected chi connectivity index (χ2v) is 6.54. The summed E-state index contributed by atoms with van der Waals surface area (Å²) < 4.78 is 38.8. The first kappa shape index (κ1) is 15.0. The lowest BCUT2D eigenvalue weighted by atomic mass is 9.68. The van der Waals surface area contributed by atoms with E-state index in [-0.39, 0.29) is 18.3 Å². The Bertz CT molecular complexity index is 342. The average Bonchev–Trinajstić information content (AvgIpc) is 2.38. The molecule has 108 valence electrons. The SMILES string of the molecule is N#CC1CCC(C2CCC(Cl)C(C(F)(F)F)C2)CC1. The molecule has 2 aliphatic rings. The number of alkyl halides is 4. The van der Waals surface area contributed by atoms with E-state index in [0.717, 1.165) is 32.1 Å². The summed E-state index contributed by atoms with van der Waals surface area (Å²) in [6.45, 7) is 0. The van der Waals surface area contributed by atoms with Crippen molar-refractivity contribution >= 4 is 11.6 Å². The highest BCUT2D eigenvalue weighted by Crippen LogP contribution is 2.47. The van der Waals surface area contributed by atoms with Crippen molar-refractivity contribution in [2.24, 2.45) is 23.7 Å². The maximum atomic E-state index is 12.9. The maximum Gasteiger partial charge on any atom is 0.393 e. The van der Waals surface area contributed by atoms with E-state index >= 15 is 0 Å². The number of nitrogens with zero attached hydrogens (tertiary/aromatic N) is 1. The predicted octanol–water partition coefficient (Wildman–Crippen LogP) is 4.90. The summed E-state index contributed by atoms with van der Waals surface area (Å²) in [6.07, 6.45) is 0.782. The van der Waals surface area contributed by atoms with E-state index in [4.69, 9.17) is 16.9 Å². The molecule has 0 N–H and O–H groups in total. The van der Waals surface area contributed by atoms with Gasteiger partial charge in [-0.05, 0) is 56.8 Å². The molecule has 2 rings (SSSR count). The first-order chi connectivity index (χ1) is 8.91. The molecule has 0 aliphatic heterocycles. The van der Waals surface area contributed by atoms with Gasteiger partial charge in [0.25, 0.3) is 0 Å². The Morgan fingerprint density at radius 1 is 0.947 bits per heavy atom. The average molecular weight is 294 g/mol. The molecule has 5 heteroatoms. The third-order valence-electron chi connectivity index (χ3n) is 4.85. The molecule has 0 amide bonds. The highest BCUT2D eigenvalue weighted by molar-refractivity contribution is 6.20. The van der Waals surface area contributed by atoms with Gasteiger partial charge in [0.1, 0.15) is 0 Å². The van der Waals surface area contributed by atoms with Gasteiger partial charge in [-0.2, -0.15) is 18.4 Å². The smallest absolute Gasteiger partial charge is 0.198 e. The van der Waals surface area contributed by atoms with Crippen LogP contribution in [0.15, 0.2) is 0 Å². The zero-order valence-electron chi connectivity index (χ0n) is 10.8. The highest BCUT2D eigenvalue weighted by Gasteiger charge is 2.48. The highest BCUT2D eigenvalue weighted by atomic mass is 35.5. The molecule has 2 saturated carbocycles. The van der Waals surface area contributed by atoms with Crippen LogP contribution < -0.4 is 0 Å². The van der Waals surface area contributed by atoms with E-state index in [1.807, 2.05) is 0 Å². The molecule has 19 heavy (non-hydrogen) atoms. The zero-order valence-corrected chi connectivity index (χ0v) is 11.6. The van der Waals surface area contributed by atoms with Gasteiger partial charge in [-0.15, -0.1) is 11.6 Å². The number of nitriles is 1. The quantitative estimate of drug-likeness (QED) is 0.631. The zero-order chi connectivity index (χ0) is 14.0. The van der Waals surface area contributed by atoms with Gasteiger partial charge in [-0.3, -0.25) is 0 Å². The summed E-state index contributed by atoms with van der Waals surface area (Å²) in [4.78, 5) is 0. The summed E-state index contributed by atoms with van der Waals surface area (Å²) >= 11 is 5.85. The molecule has 2 aliphatic carbocycles. The van der Waals surface area contributed by atoms with Crippen molar-refractivity contribution in [1.29, 1.82) is 5.26 Å². The third kappa shape index (κ3) is 3.56. The fourth-order valence-electron chi connectivity index (χ4n) is 3.65. The van der Waals surface area contributed by atoms with E-state index in [0.29, 0.717) is 12.3 Å². The monoisotopic (exact) mass is 293 g/mol. The fraction of sp³-hybridized carbons (Fsp3) is 0.929. The molecular weight excluding hydrogens is 275 g/mol. The minimum Gasteiger partial charge on any atom is -0.198 e. The van der Waals surface area contributed by atoms with Crippen LogP contribution in [0.25, 0.3) is 0 Å². The van der Waals surface area contributed by atoms with Crippen molar-refractivity contribution in [3.63, 3.8) is 0 Å². The Morgan fingerprint density at radius 3 is 2.05 bits per heavy atom. The van der Waals surface area contributed by atoms with E-state index in [1.54, 1.807) is 0 Å². The largest absolute Gasteiger partial charge is 0.393 e. The molecule has 2 fully saturated rings. The van der Waals surface area contributed by atoms with Crippen LogP contribution in [0.2, 0.25) is 0 Å². The lowest BCUT2D eigenvalue weighted by molar-refractivity contribution is -0.186. The Morgan fingerprint density at radius 2 is 1.53 bits per heavy atom. The van der Waals surface area contributed by atoms with Crippen molar-refractivity contribution < 1.29 is 13.2 Å². The van der Waals surface area contributed by atoms with Gasteiger partial charge in [0.2, 0.25) is 0 Å². The minimum atomic E-state index is -4.17. The molecule has 0 aromatic heterocycles. The van der Waals surface area contributed by atoms with Crippen LogP contribution in [-0.4, -0.2) is 11.6 Å². The molecule has 0 saturated heterocycles. The van der Waals surface area contributed by atoms with Gasteiger partial charge in [0.05, 0.1) is 12.0 Å². The molecule has 0 aromatic carbocycles. The molecule has 0 heterocycles. The van der Waals surface area contributed by atoms with Gasteiger partial charge in [0, 0.05) is 11.3 Å². The van der Waals surface area contributed by atoms with Crippen molar-refractivity contribution in [3.8, 4) is 6.07 Å². The fourth-order valence-corrected chi connectivity index (χ4v) is 4.02. The Hall–Kier alpha value is -0.430. The number of hydrogen-bond donors (Lipinski definition) is 0. The number of rotatable bonds is 1. The topological polar surface area (TPSA) is 23.8 Å². The molecule has 0 spiro atoms. The van der Waals surface area contributed by atoms with E-state index in [2.05, 4.69) is 6.07 Å². The first-order valence-corrected chi connectivity index (χ1v) is 7.46. The lowest BCUT2D eigenvalue weighted by Gasteiger charge is -2.39. The maximum absolute atomic E-state index is 12.9. The van der Waals surface area contributed by atoms with Crippen LogP contribution in [0, 0.1) is 35.0 Å². The second-order valence-electron chi connectivity index (χ2n) is 5.98. The van der Waals surface area contributed by atoms with Crippen LogP contribution >= 0.6 is 11.6 Å². The summed E-state index contributed by atoms with van der Waals surface area (Å²) in [5.41, 5.74) is 0. The summed E-state index contributed by atoms with van der Waals surface area (Å²) in [5, 5.41) is 8.10. The molecule has 0 bridgehead atoms. The van der Waals surface area contributed by atoms with E-state index in [9.17, 15) is 13.2 Å². The van der Waals surface area contributed by atoms with Gasteiger partial charge in [-0.1, -0.05) is 0 Å². The van der Waals surface area contributed by atoms with Gasteiger partial charge in [0.15, 0.2) is 0 Å². The van der Waals surface area contributed by atoms with Gasteiger partial charge in [-0.25, -0.2) is 0 Å². The van der Waals surface area contributed by atoms with Crippen LogP contribution in [0.4, 0.5) is 13.2 Å². The van der Waals surface area contributed by atoms with Crippen molar-refractivity contribution in [3.05, 3.63) is 0 Å². The standard InChI is InChI=1S/C14H19ClF3N/c15-13-6-5-11(7-12(13)14(16,17)18)10-3-1-9(8-19)2-4-10/h9-13H,1-7H2. The normalized spacial score (nSPS) is 40.7. The van der Waals surface area contributed by atoms with Crippen LogP contribution in [0.1, 0.15) is 44.9 Å². The van der Waals surface area contributed by atoms with Crippen LogP contribution in [0.5, 0.6) is 0 Å². The number of hydrogen-bond acceptors (Lipinski definition) is 1. The molecule has 3 unspecified atom stereocenters. The lowest BCUT2D eigenvalue weighted by Crippen LogP contribution is -2.39. The van der Waals surface area contributed by atoms with Crippen molar-refractivity contribution in [2.75, 3.05) is 0 Å². The van der Waals surface area contributed by atoms with Crippen molar-refractivity contribution in [1.82, 2.24) is 0 Å². The van der Waals surface area contributed by atoms with Crippen LogP contribution in [0.3, 0.4) is 0 Å². The summed E-state index contributed by atoms with van der Waals surface area (Å²) in [6, 6.07) is 2.27. The second kappa shape index (κ2) is 5.91. The van der Waals surface area contributed by atoms with Crippen LogP contribution in [-0.2, 0) is 0 Å². The molecule has 0 aromatic rings. The molecule has 1 nitrogen and oxygen atoms in total. The Labute approximate surface area is 117 Å². The first-order valence-electron chi connectivity index (χ1n) is 7.02. The van der Waals surface area contributed by atoms with Gasteiger partial charge >= 0.3 is 6.18 Å².